The molecule has 4 nitrogen and oxygen atoms in total. The van der Waals surface area contributed by atoms with E-state index in [9.17, 15) is 0 Å². The van der Waals surface area contributed by atoms with Crippen molar-refractivity contribution in [1.82, 2.24) is 0 Å². The molecule has 0 aromatic rings. The SMILES string of the molecule is C=C.CCO[Si](O)(O)OCC. The average molecular weight is 180 g/mol. The molecule has 0 amide bonds. The summed E-state index contributed by atoms with van der Waals surface area (Å²) < 4.78 is 8.99. The van der Waals surface area contributed by atoms with Crippen LogP contribution in [0.1, 0.15) is 13.8 Å². The van der Waals surface area contributed by atoms with Crippen molar-refractivity contribution in [3.05, 3.63) is 13.2 Å². The third-order valence-electron chi connectivity index (χ3n) is 0.665. The van der Waals surface area contributed by atoms with Gasteiger partial charge in [-0.3, -0.25) is 0 Å². The minimum atomic E-state index is -3.70. The molecule has 0 saturated heterocycles. The summed E-state index contributed by atoms with van der Waals surface area (Å²) in [7, 11) is -3.70. The number of hydrogen-bond acceptors (Lipinski definition) is 4. The van der Waals surface area contributed by atoms with Gasteiger partial charge in [-0.15, -0.1) is 13.2 Å². The maximum atomic E-state index is 8.76. The largest absolute Gasteiger partial charge is 0.674 e. The minimum Gasteiger partial charge on any atom is -0.367 e. The van der Waals surface area contributed by atoms with Crippen LogP contribution in [-0.4, -0.2) is 31.9 Å². The Morgan fingerprint density at radius 2 is 1.36 bits per heavy atom. The monoisotopic (exact) mass is 180 g/mol. The smallest absolute Gasteiger partial charge is 0.367 e. The first-order valence-electron chi connectivity index (χ1n) is 3.35. The van der Waals surface area contributed by atoms with E-state index >= 15 is 0 Å². The van der Waals surface area contributed by atoms with E-state index in [0.717, 1.165) is 0 Å². The maximum Gasteiger partial charge on any atom is 0.674 e. The molecule has 0 unspecified atom stereocenters. The van der Waals surface area contributed by atoms with E-state index in [1.807, 2.05) is 0 Å². The molecule has 0 aliphatic heterocycles. The van der Waals surface area contributed by atoms with Crippen LogP contribution in [-0.2, 0) is 8.85 Å². The van der Waals surface area contributed by atoms with Gasteiger partial charge in [0.15, 0.2) is 0 Å². The molecule has 5 heteroatoms. The van der Waals surface area contributed by atoms with Crippen molar-refractivity contribution in [3.63, 3.8) is 0 Å². The van der Waals surface area contributed by atoms with Crippen LogP contribution in [0.5, 0.6) is 0 Å². The quantitative estimate of drug-likeness (QED) is 0.482. The molecule has 0 fully saturated rings. The molecule has 0 rings (SSSR count). The molecule has 0 aromatic heterocycles. The number of rotatable bonds is 4. The van der Waals surface area contributed by atoms with Crippen LogP contribution in [0.4, 0.5) is 0 Å². The van der Waals surface area contributed by atoms with Crippen LogP contribution in [0, 0.1) is 0 Å². The predicted molar refractivity (Wildman–Crippen MR) is 44.7 cm³/mol. The zero-order valence-electron chi connectivity index (χ0n) is 7.04. The molecule has 68 valence electrons. The second kappa shape index (κ2) is 7.90. The summed E-state index contributed by atoms with van der Waals surface area (Å²) >= 11 is 0. The minimum absolute atomic E-state index is 0.263. The van der Waals surface area contributed by atoms with Gasteiger partial charge < -0.3 is 18.4 Å². The lowest BCUT2D eigenvalue weighted by Crippen LogP contribution is -2.42. The summed E-state index contributed by atoms with van der Waals surface area (Å²) in [4.78, 5) is 17.5. The molecule has 0 aliphatic carbocycles. The van der Waals surface area contributed by atoms with Crippen LogP contribution in [0.3, 0.4) is 0 Å². The molecule has 2 N–H and O–H groups in total. The highest BCUT2D eigenvalue weighted by molar-refractivity contribution is 6.50. The average Bonchev–Trinajstić information content (AvgIpc) is 1.91. The molecule has 11 heavy (non-hydrogen) atoms. The highest BCUT2D eigenvalue weighted by Gasteiger charge is 2.34. The van der Waals surface area contributed by atoms with Gasteiger partial charge in [0.25, 0.3) is 0 Å². The van der Waals surface area contributed by atoms with E-state index in [0.29, 0.717) is 0 Å². The standard InChI is InChI=1S/C4H12O4Si.C2H4/c1-3-7-9(5,6)8-4-2;1-2/h5-6H,3-4H2,1-2H3;1-2H2. The van der Waals surface area contributed by atoms with Gasteiger partial charge in [0.1, 0.15) is 0 Å². The fourth-order valence-corrected chi connectivity index (χ4v) is 1.25. The number of hydrogen-bond donors (Lipinski definition) is 2. The Labute approximate surface area is 68.6 Å². The summed E-state index contributed by atoms with van der Waals surface area (Å²) in [5.41, 5.74) is 0. The molecular weight excluding hydrogens is 164 g/mol. The third kappa shape index (κ3) is 9.80. The summed E-state index contributed by atoms with van der Waals surface area (Å²) in [6.45, 7) is 9.87. The third-order valence-corrected chi connectivity index (χ3v) is 1.99. The molecule has 0 saturated carbocycles. The topological polar surface area (TPSA) is 58.9 Å². The Bertz CT molecular complexity index is 78.7. The van der Waals surface area contributed by atoms with E-state index in [1.165, 1.54) is 0 Å². The van der Waals surface area contributed by atoms with E-state index in [4.69, 9.17) is 9.59 Å². The van der Waals surface area contributed by atoms with Gasteiger partial charge in [-0.05, 0) is 13.8 Å². The van der Waals surface area contributed by atoms with Gasteiger partial charge in [-0.25, -0.2) is 0 Å². The fraction of sp³-hybridized carbons (Fsp3) is 0.667. The van der Waals surface area contributed by atoms with Crippen molar-refractivity contribution in [3.8, 4) is 0 Å². The van der Waals surface area contributed by atoms with Crippen molar-refractivity contribution in [2.45, 2.75) is 13.8 Å². The van der Waals surface area contributed by atoms with E-state index in [-0.39, 0.29) is 13.2 Å². The highest BCUT2D eigenvalue weighted by Crippen LogP contribution is 1.95. The molecule has 0 aromatic carbocycles. The lowest BCUT2D eigenvalue weighted by molar-refractivity contribution is 0.0319. The van der Waals surface area contributed by atoms with Crippen LogP contribution in [0.2, 0.25) is 0 Å². The summed E-state index contributed by atoms with van der Waals surface area (Å²) in [5.74, 6) is 0. The molecule has 0 aliphatic rings. The second-order valence-electron chi connectivity index (χ2n) is 1.41. The maximum absolute atomic E-state index is 8.76. The molecule has 0 spiro atoms. The van der Waals surface area contributed by atoms with Gasteiger partial charge in [0.2, 0.25) is 0 Å². The Balaban J connectivity index is 0. The lowest BCUT2D eigenvalue weighted by Gasteiger charge is -2.13. The zero-order chi connectivity index (χ0) is 9.33. The normalized spacial score (nSPS) is 10.2. The van der Waals surface area contributed by atoms with Crippen molar-refractivity contribution in [2.75, 3.05) is 13.2 Å². The van der Waals surface area contributed by atoms with Gasteiger partial charge in [0.05, 0.1) is 0 Å². The van der Waals surface area contributed by atoms with Gasteiger partial charge in [0, 0.05) is 13.2 Å². The van der Waals surface area contributed by atoms with Crippen LogP contribution >= 0.6 is 0 Å². The van der Waals surface area contributed by atoms with E-state index in [2.05, 4.69) is 22.0 Å². The van der Waals surface area contributed by atoms with Crippen LogP contribution in [0.25, 0.3) is 0 Å². The first-order valence-corrected chi connectivity index (χ1v) is 5.06. The van der Waals surface area contributed by atoms with Gasteiger partial charge in [-0.2, -0.15) is 0 Å². The molecule has 0 bridgehead atoms. The van der Waals surface area contributed by atoms with E-state index in [1.54, 1.807) is 13.8 Å². The van der Waals surface area contributed by atoms with Crippen LogP contribution < -0.4 is 0 Å². The van der Waals surface area contributed by atoms with Crippen molar-refractivity contribution >= 4 is 9.05 Å². The molecular formula is C6H16O4Si. The Kier molecular flexibility index (Phi) is 9.62. The fourth-order valence-electron chi connectivity index (χ4n) is 0.418. The first-order chi connectivity index (χ1) is 5.12. The predicted octanol–water partition coefficient (Wildman–Crippen LogP) is 0.282. The van der Waals surface area contributed by atoms with Crippen molar-refractivity contribution in [1.29, 1.82) is 0 Å². The lowest BCUT2D eigenvalue weighted by atomic mass is 10.9. The highest BCUT2D eigenvalue weighted by atomic mass is 28.4. The second-order valence-corrected chi connectivity index (χ2v) is 3.09. The summed E-state index contributed by atoms with van der Waals surface area (Å²) in [5, 5.41) is 0. The summed E-state index contributed by atoms with van der Waals surface area (Å²) in [6, 6.07) is 0. The van der Waals surface area contributed by atoms with Gasteiger partial charge in [-0.1, -0.05) is 0 Å². The molecule has 0 heterocycles. The van der Waals surface area contributed by atoms with Crippen molar-refractivity contribution in [2.24, 2.45) is 0 Å². The Hall–Kier alpha value is -0.203. The van der Waals surface area contributed by atoms with Crippen LogP contribution in [0.15, 0.2) is 13.2 Å². The Morgan fingerprint density at radius 1 is 1.09 bits per heavy atom. The summed E-state index contributed by atoms with van der Waals surface area (Å²) in [6.07, 6.45) is 0. The first kappa shape index (κ1) is 13.4. The Morgan fingerprint density at radius 3 is 1.55 bits per heavy atom. The molecule has 0 radical (unpaired) electrons. The molecule has 0 atom stereocenters. The van der Waals surface area contributed by atoms with Gasteiger partial charge >= 0.3 is 9.05 Å². The van der Waals surface area contributed by atoms with Crippen molar-refractivity contribution < 1.29 is 18.4 Å². The van der Waals surface area contributed by atoms with E-state index < -0.39 is 9.05 Å². The zero-order valence-corrected chi connectivity index (χ0v) is 8.04.